The Morgan fingerprint density at radius 3 is 2.71 bits per heavy atom. The van der Waals surface area contributed by atoms with Gasteiger partial charge in [0.25, 0.3) is 0 Å². The average molecular weight is 195 g/mol. The summed E-state index contributed by atoms with van der Waals surface area (Å²) < 4.78 is 0. The normalized spacial score (nSPS) is 30.8. The molecular weight excluding hydrogens is 174 g/mol. The standard InChI is InChI=1S/C12H21NO/c1-5-11(14)13-10-6-7-12(3,4)8-9(10)2/h5,9-10H,1,6-8H2,2-4H3,(H,13,14). The Morgan fingerprint density at radius 1 is 1.57 bits per heavy atom. The molecule has 2 nitrogen and oxygen atoms in total. The van der Waals surface area contributed by atoms with Crippen LogP contribution in [0.25, 0.3) is 0 Å². The minimum Gasteiger partial charge on any atom is -0.350 e. The van der Waals surface area contributed by atoms with E-state index in [-0.39, 0.29) is 5.91 Å². The summed E-state index contributed by atoms with van der Waals surface area (Å²) in [6, 6.07) is 0.341. The summed E-state index contributed by atoms with van der Waals surface area (Å²) in [4.78, 5) is 11.2. The van der Waals surface area contributed by atoms with E-state index < -0.39 is 0 Å². The third kappa shape index (κ3) is 2.86. The molecule has 1 saturated carbocycles. The summed E-state index contributed by atoms with van der Waals surface area (Å²) in [6.07, 6.45) is 4.83. The number of amides is 1. The van der Waals surface area contributed by atoms with Crippen LogP contribution in [0.4, 0.5) is 0 Å². The Labute approximate surface area is 86.8 Å². The fourth-order valence-corrected chi connectivity index (χ4v) is 2.40. The monoisotopic (exact) mass is 195 g/mol. The van der Waals surface area contributed by atoms with E-state index in [0.29, 0.717) is 17.4 Å². The minimum absolute atomic E-state index is 0.0402. The fraction of sp³-hybridized carbons (Fsp3) is 0.750. The van der Waals surface area contributed by atoms with Crippen LogP contribution in [-0.4, -0.2) is 11.9 Å². The van der Waals surface area contributed by atoms with Crippen LogP contribution in [0.2, 0.25) is 0 Å². The molecule has 0 spiro atoms. The molecule has 2 atom stereocenters. The van der Waals surface area contributed by atoms with E-state index >= 15 is 0 Å². The molecule has 0 aliphatic heterocycles. The van der Waals surface area contributed by atoms with E-state index in [0.717, 1.165) is 6.42 Å². The Balaban J connectivity index is 2.50. The minimum atomic E-state index is -0.0402. The second kappa shape index (κ2) is 4.16. The molecule has 2 heteroatoms. The molecule has 0 radical (unpaired) electrons. The van der Waals surface area contributed by atoms with Crippen molar-refractivity contribution < 1.29 is 4.79 Å². The third-order valence-corrected chi connectivity index (χ3v) is 3.21. The number of carbonyl (C=O) groups excluding carboxylic acids is 1. The van der Waals surface area contributed by atoms with Crippen LogP contribution >= 0.6 is 0 Å². The summed E-state index contributed by atoms with van der Waals surface area (Å²) in [6.45, 7) is 10.3. The van der Waals surface area contributed by atoms with E-state index in [1.807, 2.05) is 0 Å². The van der Waals surface area contributed by atoms with Gasteiger partial charge in [-0.3, -0.25) is 4.79 Å². The number of rotatable bonds is 2. The van der Waals surface area contributed by atoms with E-state index in [1.165, 1.54) is 18.9 Å². The molecule has 0 aromatic heterocycles. The molecule has 1 rings (SSSR count). The molecular formula is C12H21NO. The van der Waals surface area contributed by atoms with Crippen molar-refractivity contribution in [1.29, 1.82) is 0 Å². The quantitative estimate of drug-likeness (QED) is 0.674. The van der Waals surface area contributed by atoms with Gasteiger partial charge in [0.05, 0.1) is 0 Å². The Morgan fingerprint density at radius 2 is 2.21 bits per heavy atom. The molecule has 80 valence electrons. The maximum atomic E-state index is 11.2. The molecule has 1 aliphatic carbocycles. The Bertz CT molecular complexity index is 232. The second-order valence-corrected chi connectivity index (χ2v) is 5.20. The lowest BCUT2D eigenvalue weighted by atomic mass is 9.70. The average Bonchev–Trinajstić information content (AvgIpc) is 2.09. The van der Waals surface area contributed by atoms with Gasteiger partial charge in [-0.1, -0.05) is 27.4 Å². The van der Waals surface area contributed by atoms with Crippen molar-refractivity contribution in [1.82, 2.24) is 5.32 Å². The van der Waals surface area contributed by atoms with Crippen molar-refractivity contribution in [3.8, 4) is 0 Å². The van der Waals surface area contributed by atoms with Gasteiger partial charge in [-0.15, -0.1) is 0 Å². The van der Waals surface area contributed by atoms with Gasteiger partial charge >= 0.3 is 0 Å². The lowest BCUT2D eigenvalue weighted by molar-refractivity contribution is -0.117. The van der Waals surface area contributed by atoms with Crippen LogP contribution < -0.4 is 5.32 Å². The lowest BCUT2D eigenvalue weighted by Gasteiger charge is -2.39. The highest BCUT2D eigenvalue weighted by molar-refractivity contribution is 5.87. The summed E-state index contributed by atoms with van der Waals surface area (Å²) in [5.74, 6) is 0.532. The molecule has 14 heavy (non-hydrogen) atoms. The van der Waals surface area contributed by atoms with Gasteiger partial charge in [0.1, 0.15) is 0 Å². The van der Waals surface area contributed by atoms with Crippen molar-refractivity contribution in [2.24, 2.45) is 11.3 Å². The smallest absolute Gasteiger partial charge is 0.243 e. The Kier molecular flexibility index (Phi) is 3.35. The number of hydrogen-bond donors (Lipinski definition) is 1. The fourth-order valence-electron chi connectivity index (χ4n) is 2.40. The van der Waals surface area contributed by atoms with Gasteiger partial charge in [0.2, 0.25) is 5.91 Å². The third-order valence-electron chi connectivity index (χ3n) is 3.21. The number of nitrogens with one attached hydrogen (secondary N) is 1. The maximum Gasteiger partial charge on any atom is 0.243 e. The van der Waals surface area contributed by atoms with Gasteiger partial charge in [0.15, 0.2) is 0 Å². The zero-order valence-corrected chi connectivity index (χ0v) is 9.47. The zero-order chi connectivity index (χ0) is 10.8. The SMILES string of the molecule is C=CC(=O)NC1CCC(C)(C)CC1C. The van der Waals surface area contributed by atoms with Crippen LogP contribution in [0.1, 0.15) is 40.0 Å². The molecule has 1 aliphatic rings. The van der Waals surface area contributed by atoms with Crippen LogP contribution in [0.3, 0.4) is 0 Å². The van der Waals surface area contributed by atoms with Gasteiger partial charge in [-0.25, -0.2) is 0 Å². The first-order valence-electron chi connectivity index (χ1n) is 5.37. The largest absolute Gasteiger partial charge is 0.350 e. The van der Waals surface area contributed by atoms with Crippen LogP contribution in [0, 0.1) is 11.3 Å². The van der Waals surface area contributed by atoms with Gasteiger partial charge in [0, 0.05) is 6.04 Å². The van der Waals surface area contributed by atoms with Crippen molar-refractivity contribution >= 4 is 5.91 Å². The predicted octanol–water partition coefficient (Wildman–Crippen LogP) is 2.50. The van der Waals surface area contributed by atoms with Crippen molar-refractivity contribution in [2.45, 2.75) is 46.1 Å². The maximum absolute atomic E-state index is 11.2. The van der Waals surface area contributed by atoms with Crippen LogP contribution in [-0.2, 0) is 4.79 Å². The second-order valence-electron chi connectivity index (χ2n) is 5.20. The Hall–Kier alpha value is -0.790. The summed E-state index contributed by atoms with van der Waals surface area (Å²) >= 11 is 0. The molecule has 1 fully saturated rings. The summed E-state index contributed by atoms with van der Waals surface area (Å²) in [5, 5.41) is 3.00. The van der Waals surface area contributed by atoms with E-state index in [2.05, 4.69) is 32.7 Å². The highest BCUT2D eigenvalue weighted by Crippen LogP contribution is 2.38. The zero-order valence-electron chi connectivity index (χ0n) is 9.47. The first-order valence-corrected chi connectivity index (χ1v) is 5.37. The molecule has 1 amide bonds. The summed E-state index contributed by atoms with van der Waals surface area (Å²) in [5.41, 5.74) is 0.439. The van der Waals surface area contributed by atoms with Crippen molar-refractivity contribution in [3.05, 3.63) is 12.7 Å². The molecule has 0 aromatic rings. The molecule has 1 N–H and O–H groups in total. The van der Waals surface area contributed by atoms with Gasteiger partial charge < -0.3 is 5.32 Å². The highest BCUT2D eigenvalue weighted by atomic mass is 16.1. The van der Waals surface area contributed by atoms with E-state index in [9.17, 15) is 4.79 Å². The van der Waals surface area contributed by atoms with Crippen molar-refractivity contribution in [2.75, 3.05) is 0 Å². The predicted molar refractivity (Wildman–Crippen MR) is 58.9 cm³/mol. The van der Waals surface area contributed by atoms with E-state index in [4.69, 9.17) is 0 Å². The summed E-state index contributed by atoms with van der Waals surface area (Å²) in [7, 11) is 0. The van der Waals surface area contributed by atoms with Crippen LogP contribution in [0.15, 0.2) is 12.7 Å². The molecule has 0 aromatic carbocycles. The topological polar surface area (TPSA) is 29.1 Å². The first kappa shape index (κ1) is 11.3. The first-order chi connectivity index (χ1) is 6.44. The highest BCUT2D eigenvalue weighted by Gasteiger charge is 2.32. The van der Waals surface area contributed by atoms with Crippen molar-refractivity contribution in [3.63, 3.8) is 0 Å². The van der Waals surface area contributed by atoms with Crippen LogP contribution in [0.5, 0.6) is 0 Å². The lowest BCUT2D eigenvalue weighted by Crippen LogP contribution is -2.43. The molecule has 2 unspecified atom stereocenters. The number of hydrogen-bond acceptors (Lipinski definition) is 1. The van der Waals surface area contributed by atoms with Gasteiger partial charge in [-0.2, -0.15) is 0 Å². The number of carbonyl (C=O) groups is 1. The molecule has 0 bridgehead atoms. The van der Waals surface area contributed by atoms with Gasteiger partial charge in [-0.05, 0) is 36.7 Å². The molecule has 0 heterocycles. The van der Waals surface area contributed by atoms with E-state index in [1.54, 1.807) is 0 Å². The molecule has 0 saturated heterocycles.